The van der Waals surface area contributed by atoms with Crippen molar-refractivity contribution < 1.29 is 23.6 Å². The predicted octanol–water partition coefficient (Wildman–Crippen LogP) is 3.28. The average Bonchev–Trinajstić information content (AvgIpc) is 3.25. The summed E-state index contributed by atoms with van der Waals surface area (Å²) in [4.78, 5) is 55.9. The van der Waals surface area contributed by atoms with Gasteiger partial charge in [0.25, 0.3) is 0 Å². The molecule has 8 nitrogen and oxygen atoms in total. The molecule has 0 bridgehead atoms. The highest BCUT2D eigenvalue weighted by Crippen LogP contribution is 2.30. The van der Waals surface area contributed by atoms with Gasteiger partial charge in [0.2, 0.25) is 17.7 Å². The van der Waals surface area contributed by atoms with Crippen LogP contribution >= 0.6 is 0 Å². The SMILES string of the molecule is CC(C)[C@H](CC(=O)n1c2ccccc2c2ccccc21)C(=O)NC(CC(=O)N1CCN(C)CC1)C(=O)CF. The van der Waals surface area contributed by atoms with E-state index in [2.05, 4.69) is 10.2 Å². The maximum Gasteiger partial charge on any atom is 0.232 e. The zero-order valence-corrected chi connectivity index (χ0v) is 22.2. The van der Waals surface area contributed by atoms with Crippen LogP contribution in [0.5, 0.6) is 0 Å². The molecule has 2 aromatic carbocycles. The number of rotatable bonds is 9. The number of aromatic nitrogens is 1. The number of amides is 2. The predicted molar refractivity (Wildman–Crippen MR) is 145 cm³/mol. The number of nitrogens with one attached hydrogen (secondary N) is 1. The van der Waals surface area contributed by atoms with Crippen LogP contribution in [0.25, 0.3) is 21.8 Å². The minimum Gasteiger partial charge on any atom is -0.345 e. The van der Waals surface area contributed by atoms with Gasteiger partial charge in [-0.3, -0.25) is 23.7 Å². The van der Waals surface area contributed by atoms with Gasteiger partial charge in [-0.05, 0) is 25.1 Å². The molecule has 0 radical (unpaired) electrons. The van der Waals surface area contributed by atoms with Crippen LogP contribution in [0.4, 0.5) is 4.39 Å². The maximum atomic E-state index is 13.6. The minimum atomic E-state index is -1.28. The second-order valence-corrected chi connectivity index (χ2v) is 10.4. The molecular weight excluding hydrogens is 487 g/mol. The molecule has 0 spiro atoms. The van der Waals surface area contributed by atoms with E-state index in [1.165, 1.54) is 0 Å². The number of Topliss-reactive ketones (excluding diaryl/α,β-unsaturated/α-hetero) is 1. The van der Waals surface area contributed by atoms with E-state index in [4.69, 9.17) is 0 Å². The smallest absolute Gasteiger partial charge is 0.232 e. The standard InChI is InChI=1S/C29H35FN4O4/c1-19(2)22(16-28(37)34-24-10-6-4-8-20(24)21-9-5-7-11-25(21)34)29(38)31-23(26(35)18-30)17-27(36)33-14-12-32(3)13-15-33/h4-11,19,22-23H,12-18H2,1-3H3,(H,31,38)/t22-,23?/m0/s1. The van der Waals surface area contributed by atoms with Crippen molar-refractivity contribution in [2.75, 3.05) is 39.9 Å². The van der Waals surface area contributed by atoms with Gasteiger partial charge in [-0.15, -0.1) is 0 Å². The number of alkyl halides is 1. The largest absolute Gasteiger partial charge is 0.345 e. The van der Waals surface area contributed by atoms with Gasteiger partial charge in [0.05, 0.1) is 23.5 Å². The Morgan fingerprint density at radius 1 is 0.842 bits per heavy atom. The van der Waals surface area contributed by atoms with Gasteiger partial charge >= 0.3 is 0 Å². The normalized spacial score (nSPS) is 16.1. The monoisotopic (exact) mass is 522 g/mol. The molecule has 3 aromatic rings. The first-order chi connectivity index (χ1) is 18.2. The van der Waals surface area contributed by atoms with Gasteiger partial charge in [0.1, 0.15) is 6.67 Å². The van der Waals surface area contributed by atoms with Gasteiger partial charge in [0, 0.05) is 49.3 Å². The molecule has 2 atom stereocenters. The van der Waals surface area contributed by atoms with Crippen LogP contribution in [-0.2, 0) is 14.4 Å². The molecule has 1 saturated heterocycles. The van der Waals surface area contributed by atoms with E-state index >= 15 is 0 Å². The second-order valence-electron chi connectivity index (χ2n) is 10.4. The molecule has 2 amide bonds. The number of ketones is 1. The lowest BCUT2D eigenvalue weighted by molar-refractivity contribution is -0.137. The highest BCUT2D eigenvalue weighted by molar-refractivity contribution is 6.13. The molecular formula is C29H35FN4O4. The van der Waals surface area contributed by atoms with Gasteiger partial charge in [-0.25, -0.2) is 4.39 Å². The summed E-state index contributed by atoms with van der Waals surface area (Å²) in [5.74, 6) is -2.94. The van der Waals surface area contributed by atoms with E-state index in [0.29, 0.717) is 26.2 Å². The first kappa shape index (κ1) is 27.4. The fourth-order valence-electron chi connectivity index (χ4n) is 5.08. The first-order valence-electron chi connectivity index (χ1n) is 13.1. The van der Waals surface area contributed by atoms with Crippen LogP contribution < -0.4 is 5.32 Å². The van der Waals surface area contributed by atoms with Crippen LogP contribution in [0.3, 0.4) is 0 Å². The van der Waals surface area contributed by atoms with Crippen molar-refractivity contribution in [1.82, 2.24) is 19.7 Å². The highest BCUT2D eigenvalue weighted by Gasteiger charge is 2.32. The van der Waals surface area contributed by atoms with Crippen LogP contribution in [-0.4, -0.2) is 83.8 Å². The molecule has 1 aromatic heterocycles. The zero-order valence-electron chi connectivity index (χ0n) is 22.2. The first-order valence-corrected chi connectivity index (χ1v) is 13.1. The van der Waals surface area contributed by atoms with E-state index < -0.39 is 30.3 Å². The lowest BCUT2D eigenvalue weighted by Gasteiger charge is -2.33. The Morgan fingerprint density at radius 3 is 1.92 bits per heavy atom. The Bertz CT molecular complexity index is 1290. The zero-order chi connectivity index (χ0) is 27.4. The molecule has 4 rings (SSSR count). The van der Waals surface area contributed by atoms with Crippen LogP contribution in [0.1, 0.15) is 31.5 Å². The highest BCUT2D eigenvalue weighted by atomic mass is 19.1. The Labute approximate surface area is 221 Å². The van der Waals surface area contributed by atoms with Gasteiger partial charge in [-0.1, -0.05) is 50.2 Å². The van der Waals surface area contributed by atoms with Gasteiger partial charge in [0.15, 0.2) is 5.78 Å². The summed E-state index contributed by atoms with van der Waals surface area (Å²) in [7, 11) is 1.96. The number of likely N-dealkylation sites (N-methyl/N-ethyl adjacent to an activating group) is 1. The Hall–Kier alpha value is -3.59. The van der Waals surface area contributed by atoms with E-state index in [1.54, 1.807) is 9.47 Å². The molecule has 1 unspecified atom stereocenters. The van der Waals surface area contributed by atoms with Crippen LogP contribution in [0, 0.1) is 11.8 Å². The Balaban J connectivity index is 1.53. The van der Waals surface area contributed by atoms with Crippen molar-refractivity contribution in [3.8, 4) is 0 Å². The van der Waals surface area contributed by atoms with Crippen LogP contribution in [0.2, 0.25) is 0 Å². The number of carbonyl (C=O) groups is 4. The van der Waals surface area contributed by atoms with Crippen molar-refractivity contribution >= 4 is 45.3 Å². The summed E-state index contributed by atoms with van der Waals surface area (Å²) in [6.07, 6.45) is -0.404. The number of hydrogen-bond acceptors (Lipinski definition) is 5. The molecule has 1 fully saturated rings. The minimum absolute atomic E-state index is 0.102. The summed E-state index contributed by atoms with van der Waals surface area (Å²) in [5.41, 5.74) is 1.51. The molecule has 202 valence electrons. The third-order valence-electron chi connectivity index (χ3n) is 7.44. The lowest BCUT2D eigenvalue weighted by atomic mass is 9.90. The number of fused-ring (bicyclic) bond motifs is 3. The van der Waals surface area contributed by atoms with Gasteiger partial charge in [-0.2, -0.15) is 0 Å². The number of benzene rings is 2. The lowest BCUT2D eigenvalue weighted by Crippen LogP contribution is -2.51. The molecule has 0 aliphatic carbocycles. The molecule has 9 heteroatoms. The quantitative estimate of drug-likeness (QED) is 0.466. The van der Waals surface area contributed by atoms with Crippen molar-refractivity contribution in [1.29, 1.82) is 0 Å². The third kappa shape index (κ3) is 5.78. The third-order valence-corrected chi connectivity index (χ3v) is 7.44. The van der Waals surface area contributed by atoms with E-state index in [1.807, 2.05) is 69.4 Å². The molecule has 0 saturated carbocycles. The molecule has 1 aliphatic rings. The van der Waals surface area contributed by atoms with Crippen LogP contribution in [0.15, 0.2) is 48.5 Å². The van der Waals surface area contributed by atoms with E-state index in [9.17, 15) is 23.6 Å². The number of nitrogens with zero attached hydrogens (tertiary/aromatic N) is 3. The number of hydrogen-bond donors (Lipinski definition) is 1. The number of para-hydroxylation sites is 2. The maximum absolute atomic E-state index is 13.6. The number of halogens is 1. The summed E-state index contributed by atoms with van der Waals surface area (Å²) in [6.45, 7) is 4.81. The summed E-state index contributed by atoms with van der Waals surface area (Å²) in [6, 6.07) is 13.9. The molecule has 1 aliphatic heterocycles. The average molecular weight is 523 g/mol. The number of carbonyl (C=O) groups excluding carboxylic acids is 4. The van der Waals surface area contributed by atoms with Crippen molar-refractivity contribution in [2.24, 2.45) is 11.8 Å². The van der Waals surface area contributed by atoms with Crippen molar-refractivity contribution in [2.45, 2.75) is 32.7 Å². The van der Waals surface area contributed by atoms with E-state index in [-0.39, 0.29) is 30.6 Å². The Morgan fingerprint density at radius 2 is 1.39 bits per heavy atom. The topological polar surface area (TPSA) is 91.7 Å². The van der Waals surface area contributed by atoms with Crippen molar-refractivity contribution in [3.63, 3.8) is 0 Å². The fraction of sp³-hybridized carbons (Fsp3) is 0.448. The Kier molecular flexibility index (Phi) is 8.56. The number of piperazine rings is 1. The molecule has 1 N–H and O–H groups in total. The molecule has 38 heavy (non-hydrogen) atoms. The molecule has 2 heterocycles. The summed E-state index contributed by atoms with van der Waals surface area (Å²) in [5, 5.41) is 4.49. The van der Waals surface area contributed by atoms with Gasteiger partial charge < -0.3 is 15.1 Å². The van der Waals surface area contributed by atoms with E-state index in [0.717, 1.165) is 21.8 Å². The van der Waals surface area contributed by atoms with Crippen molar-refractivity contribution in [3.05, 3.63) is 48.5 Å². The summed E-state index contributed by atoms with van der Waals surface area (Å²) < 4.78 is 15.0. The fourth-order valence-corrected chi connectivity index (χ4v) is 5.08. The second kappa shape index (κ2) is 11.9. The summed E-state index contributed by atoms with van der Waals surface area (Å²) >= 11 is 0.